The van der Waals surface area contributed by atoms with Gasteiger partial charge in [0.25, 0.3) is 0 Å². The van der Waals surface area contributed by atoms with Crippen LogP contribution in [0.3, 0.4) is 0 Å². The first-order chi connectivity index (χ1) is 14.2. The summed E-state index contributed by atoms with van der Waals surface area (Å²) in [6, 6.07) is 7.12. The third-order valence-corrected chi connectivity index (χ3v) is 5.05. The Balaban J connectivity index is 1.60. The minimum absolute atomic E-state index is 0.0942. The van der Waals surface area contributed by atoms with Crippen molar-refractivity contribution < 1.29 is 31.6 Å². The molecule has 30 heavy (non-hydrogen) atoms. The standard InChI is InChI=1S/C21H16F4N2O3/c22-15-5-6-16-13(11-30-17(16)10-15)9-18(28)27-8-7-26-20(29)19(27)12-1-3-14(4-2-12)21(23,24)25/h1-6,10-11,19H,7-9H2,(H,26,29). The SMILES string of the molecule is O=C1NCCN(C(=O)Cc2coc3cc(F)ccc23)C1c1ccc(C(F)(F)F)cc1. The lowest BCUT2D eigenvalue weighted by Crippen LogP contribution is -2.52. The first kappa shape index (κ1) is 19.9. The number of halogens is 4. The van der Waals surface area contributed by atoms with Crippen LogP contribution in [0.2, 0.25) is 0 Å². The van der Waals surface area contributed by atoms with E-state index in [1.165, 1.54) is 41.5 Å². The Bertz CT molecular complexity index is 1110. The maximum atomic E-state index is 13.3. The number of fused-ring (bicyclic) bond motifs is 1. The predicted octanol–water partition coefficient (Wildman–Crippen LogP) is 3.83. The van der Waals surface area contributed by atoms with Crippen LogP contribution < -0.4 is 5.32 Å². The summed E-state index contributed by atoms with van der Waals surface area (Å²) in [6.07, 6.45) is -3.23. The van der Waals surface area contributed by atoms with Gasteiger partial charge in [-0.1, -0.05) is 12.1 Å². The van der Waals surface area contributed by atoms with E-state index in [2.05, 4.69) is 5.32 Å². The van der Waals surface area contributed by atoms with Crippen molar-refractivity contribution in [2.24, 2.45) is 0 Å². The smallest absolute Gasteiger partial charge is 0.416 e. The lowest BCUT2D eigenvalue weighted by molar-refractivity contribution is -0.143. The topological polar surface area (TPSA) is 62.6 Å². The number of rotatable bonds is 3. The van der Waals surface area contributed by atoms with Gasteiger partial charge in [-0.05, 0) is 29.8 Å². The van der Waals surface area contributed by atoms with Crippen molar-refractivity contribution in [1.82, 2.24) is 10.2 Å². The number of benzene rings is 2. The number of nitrogens with zero attached hydrogens (tertiary/aromatic N) is 1. The molecule has 2 heterocycles. The predicted molar refractivity (Wildman–Crippen MR) is 98.8 cm³/mol. The average Bonchev–Trinajstić information content (AvgIpc) is 3.09. The molecule has 156 valence electrons. The first-order valence-corrected chi connectivity index (χ1v) is 9.14. The van der Waals surface area contributed by atoms with Gasteiger partial charge in [0.15, 0.2) is 0 Å². The second-order valence-corrected chi connectivity index (χ2v) is 6.98. The van der Waals surface area contributed by atoms with E-state index < -0.39 is 29.5 Å². The van der Waals surface area contributed by atoms with E-state index >= 15 is 0 Å². The van der Waals surface area contributed by atoms with E-state index in [1.807, 2.05) is 0 Å². The van der Waals surface area contributed by atoms with Gasteiger partial charge in [-0.3, -0.25) is 9.59 Å². The van der Waals surface area contributed by atoms with Crippen molar-refractivity contribution >= 4 is 22.8 Å². The highest BCUT2D eigenvalue weighted by atomic mass is 19.4. The number of alkyl halides is 3. The summed E-state index contributed by atoms with van der Waals surface area (Å²) in [5, 5.41) is 3.22. The van der Waals surface area contributed by atoms with Crippen LogP contribution in [0.5, 0.6) is 0 Å². The maximum Gasteiger partial charge on any atom is 0.416 e. The molecule has 0 spiro atoms. The van der Waals surface area contributed by atoms with Crippen molar-refractivity contribution in [3.05, 3.63) is 71.2 Å². The molecule has 9 heteroatoms. The summed E-state index contributed by atoms with van der Waals surface area (Å²) in [7, 11) is 0. The van der Waals surface area contributed by atoms with Gasteiger partial charge < -0.3 is 14.6 Å². The summed E-state index contributed by atoms with van der Waals surface area (Å²) < 4.78 is 57.1. The largest absolute Gasteiger partial charge is 0.464 e. The molecule has 0 saturated carbocycles. The highest BCUT2D eigenvalue weighted by Crippen LogP contribution is 2.32. The number of piperazine rings is 1. The lowest BCUT2D eigenvalue weighted by Gasteiger charge is -2.35. The van der Waals surface area contributed by atoms with Crippen LogP contribution in [0.1, 0.15) is 22.7 Å². The van der Waals surface area contributed by atoms with Crippen molar-refractivity contribution in [2.45, 2.75) is 18.6 Å². The van der Waals surface area contributed by atoms with Gasteiger partial charge >= 0.3 is 6.18 Å². The van der Waals surface area contributed by atoms with E-state index in [1.54, 1.807) is 0 Å². The number of nitrogens with one attached hydrogen (secondary N) is 1. The number of carbonyl (C=O) groups is 2. The number of hydrogen-bond donors (Lipinski definition) is 1. The molecule has 2 aromatic carbocycles. The van der Waals surface area contributed by atoms with E-state index in [-0.39, 0.29) is 31.0 Å². The molecule has 5 nitrogen and oxygen atoms in total. The van der Waals surface area contributed by atoms with Crippen LogP contribution in [-0.2, 0) is 22.2 Å². The molecule has 2 amide bonds. The average molecular weight is 420 g/mol. The molecule has 1 N–H and O–H groups in total. The molecule has 1 unspecified atom stereocenters. The molecule has 1 atom stereocenters. The molecular weight excluding hydrogens is 404 g/mol. The fourth-order valence-electron chi connectivity index (χ4n) is 3.58. The Morgan fingerprint density at radius 1 is 1.17 bits per heavy atom. The highest BCUT2D eigenvalue weighted by molar-refractivity contribution is 5.92. The molecule has 0 radical (unpaired) electrons. The Labute approximate surface area is 168 Å². The van der Waals surface area contributed by atoms with Crippen LogP contribution in [0.15, 0.2) is 53.1 Å². The molecule has 0 bridgehead atoms. The Kier molecular flexibility index (Phi) is 4.97. The van der Waals surface area contributed by atoms with E-state index in [9.17, 15) is 27.2 Å². The molecule has 1 fully saturated rings. The van der Waals surface area contributed by atoms with E-state index in [0.717, 1.165) is 12.1 Å². The maximum absolute atomic E-state index is 13.3. The fourth-order valence-corrected chi connectivity index (χ4v) is 3.58. The van der Waals surface area contributed by atoms with Gasteiger partial charge in [-0.15, -0.1) is 0 Å². The molecular formula is C21H16F4N2O3. The van der Waals surface area contributed by atoms with Crippen LogP contribution >= 0.6 is 0 Å². The van der Waals surface area contributed by atoms with Gasteiger partial charge in [-0.2, -0.15) is 13.2 Å². The molecule has 0 aliphatic carbocycles. The van der Waals surface area contributed by atoms with Crippen LogP contribution in [-0.4, -0.2) is 29.8 Å². The fraction of sp³-hybridized carbons (Fsp3) is 0.238. The summed E-state index contributed by atoms with van der Waals surface area (Å²) >= 11 is 0. The van der Waals surface area contributed by atoms with Crippen molar-refractivity contribution in [2.75, 3.05) is 13.1 Å². The zero-order valence-corrected chi connectivity index (χ0v) is 15.5. The number of furan rings is 1. The third-order valence-electron chi connectivity index (χ3n) is 5.05. The summed E-state index contributed by atoms with van der Waals surface area (Å²) in [5.74, 6) is -1.32. The Hall–Kier alpha value is -3.36. The van der Waals surface area contributed by atoms with Gasteiger partial charge in [0.05, 0.1) is 18.2 Å². The summed E-state index contributed by atoms with van der Waals surface area (Å²) in [6.45, 7) is 0.444. The normalized spacial score (nSPS) is 17.3. The molecule has 1 aliphatic heterocycles. The van der Waals surface area contributed by atoms with Gasteiger partial charge in [0.2, 0.25) is 11.8 Å². The van der Waals surface area contributed by atoms with Crippen molar-refractivity contribution in [1.29, 1.82) is 0 Å². The molecule has 3 aromatic rings. The minimum atomic E-state index is -4.50. The highest BCUT2D eigenvalue weighted by Gasteiger charge is 2.36. The van der Waals surface area contributed by atoms with E-state index in [0.29, 0.717) is 16.5 Å². The summed E-state index contributed by atoms with van der Waals surface area (Å²) in [4.78, 5) is 26.8. The van der Waals surface area contributed by atoms with E-state index in [4.69, 9.17) is 4.42 Å². The molecule has 4 rings (SSSR count). The van der Waals surface area contributed by atoms with Gasteiger partial charge in [-0.25, -0.2) is 4.39 Å². The Morgan fingerprint density at radius 3 is 2.60 bits per heavy atom. The van der Waals surface area contributed by atoms with Crippen LogP contribution in [0, 0.1) is 5.82 Å². The molecule has 1 aliphatic rings. The zero-order chi connectivity index (χ0) is 21.5. The second-order valence-electron chi connectivity index (χ2n) is 6.98. The third kappa shape index (κ3) is 3.74. The van der Waals surface area contributed by atoms with Crippen molar-refractivity contribution in [3.8, 4) is 0 Å². The minimum Gasteiger partial charge on any atom is -0.464 e. The monoisotopic (exact) mass is 420 g/mol. The Morgan fingerprint density at radius 2 is 1.90 bits per heavy atom. The van der Waals surface area contributed by atoms with Gasteiger partial charge in [0.1, 0.15) is 17.4 Å². The quantitative estimate of drug-likeness (QED) is 0.655. The molecule has 1 saturated heterocycles. The van der Waals surface area contributed by atoms with Crippen molar-refractivity contribution in [3.63, 3.8) is 0 Å². The lowest BCUT2D eigenvalue weighted by atomic mass is 9.99. The zero-order valence-electron chi connectivity index (χ0n) is 15.5. The molecule has 1 aromatic heterocycles. The number of carbonyl (C=O) groups excluding carboxylic acids is 2. The van der Waals surface area contributed by atoms with Gasteiger partial charge in [0, 0.05) is 30.1 Å². The second kappa shape index (κ2) is 7.47. The number of amides is 2. The first-order valence-electron chi connectivity index (χ1n) is 9.14. The number of hydrogen-bond acceptors (Lipinski definition) is 3. The summed E-state index contributed by atoms with van der Waals surface area (Å²) in [5.41, 5.74) is 0.283. The van der Waals surface area contributed by atoms with Crippen LogP contribution in [0.4, 0.5) is 17.6 Å². The van der Waals surface area contributed by atoms with Crippen LogP contribution in [0.25, 0.3) is 11.0 Å².